The summed E-state index contributed by atoms with van der Waals surface area (Å²) < 4.78 is 5.99. The van der Waals surface area contributed by atoms with Gasteiger partial charge in [0.25, 0.3) is 0 Å². The van der Waals surface area contributed by atoms with Gasteiger partial charge in [-0.3, -0.25) is 0 Å². The minimum absolute atomic E-state index is 0.579. The Morgan fingerprint density at radius 3 is 2.21 bits per heavy atom. The monoisotopic (exact) mass is 267 g/mol. The van der Waals surface area contributed by atoms with Crippen LogP contribution in [0.1, 0.15) is 59.8 Å². The minimum Gasteiger partial charge on any atom is -0.378 e. The molecule has 1 saturated carbocycles. The Kier molecular flexibility index (Phi) is 5.30. The molecule has 0 amide bonds. The molecule has 1 aliphatic carbocycles. The van der Waals surface area contributed by atoms with Gasteiger partial charge < -0.3 is 9.64 Å². The van der Waals surface area contributed by atoms with Gasteiger partial charge in [0, 0.05) is 13.2 Å². The van der Waals surface area contributed by atoms with E-state index >= 15 is 0 Å². The average Bonchev–Trinajstić information content (AvgIpc) is 2.28. The molecule has 0 atom stereocenters. The average molecular weight is 267 g/mol. The van der Waals surface area contributed by atoms with Crippen molar-refractivity contribution >= 4 is 0 Å². The molecule has 0 unspecified atom stereocenters. The van der Waals surface area contributed by atoms with Crippen molar-refractivity contribution in [1.29, 1.82) is 0 Å². The third-order valence-corrected chi connectivity index (χ3v) is 4.91. The fourth-order valence-electron chi connectivity index (χ4n) is 3.63. The highest BCUT2D eigenvalue weighted by atomic mass is 16.5. The van der Waals surface area contributed by atoms with Crippen LogP contribution in [-0.2, 0) is 4.74 Å². The van der Waals surface area contributed by atoms with Crippen molar-refractivity contribution in [2.75, 3.05) is 26.2 Å². The van der Waals surface area contributed by atoms with Crippen molar-refractivity contribution in [1.82, 2.24) is 4.90 Å². The Hall–Kier alpha value is -0.0800. The molecule has 1 saturated heterocycles. The van der Waals surface area contributed by atoms with Crippen LogP contribution in [0.3, 0.4) is 0 Å². The lowest BCUT2D eigenvalue weighted by molar-refractivity contribution is -0.107. The van der Waals surface area contributed by atoms with Crippen molar-refractivity contribution in [2.45, 2.75) is 65.9 Å². The first kappa shape index (κ1) is 15.3. The molecule has 112 valence electrons. The van der Waals surface area contributed by atoms with Crippen molar-refractivity contribution in [3.8, 4) is 0 Å². The van der Waals surface area contributed by atoms with Gasteiger partial charge in [0.2, 0.25) is 0 Å². The molecule has 0 aromatic rings. The first-order valence-corrected chi connectivity index (χ1v) is 8.33. The fraction of sp³-hybridized carbons (Fsp3) is 1.00. The van der Waals surface area contributed by atoms with Crippen LogP contribution in [-0.4, -0.2) is 37.2 Å². The zero-order chi connectivity index (χ0) is 13.9. The number of likely N-dealkylation sites (tertiary alicyclic amines) is 1. The lowest BCUT2D eigenvalue weighted by atomic mass is 9.61. The van der Waals surface area contributed by atoms with E-state index < -0.39 is 0 Å². The first-order chi connectivity index (χ1) is 8.99. The van der Waals surface area contributed by atoms with E-state index in [0.717, 1.165) is 18.4 Å². The van der Waals surface area contributed by atoms with Gasteiger partial charge in [-0.2, -0.15) is 0 Å². The number of ether oxygens (including phenoxy) is 1. The third kappa shape index (κ3) is 4.46. The maximum atomic E-state index is 5.99. The molecule has 2 heteroatoms. The van der Waals surface area contributed by atoms with Crippen molar-refractivity contribution in [3.05, 3.63) is 0 Å². The fourth-order valence-corrected chi connectivity index (χ4v) is 3.63. The summed E-state index contributed by atoms with van der Waals surface area (Å²) in [5, 5.41) is 0. The molecule has 0 N–H and O–H groups in total. The van der Waals surface area contributed by atoms with E-state index in [4.69, 9.17) is 4.74 Å². The molecule has 1 heterocycles. The number of piperidine rings is 1. The molecule has 2 rings (SSSR count). The predicted octanol–water partition coefficient (Wildman–Crippen LogP) is 3.95. The standard InChI is InChI=1S/C17H33NO/c1-14(2)5-10-19-16-11-17(12-16)6-8-18(9-7-17)13-15(3)4/h14-16H,5-13H2,1-4H3. The van der Waals surface area contributed by atoms with Crippen LogP contribution in [0.15, 0.2) is 0 Å². The van der Waals surface area contributed by atoms with E-state index in [-0.39, 0.29) is 0 Å². The Morgan fingerprint density at radius 1 is 1.05 bits per heavy atom. The SMILES string of the molecule is CC(C)CCOC1CC2(CCN(CC(C)C)CC2)C1. The van der Waals surface area contributed by atoms with Gasteiger partial charge in [-0.05, 0) is 62.4 Å². The molecule has 0 aromatic heterocycles. The summed E-state index contributed by atoms with van der Waals surface area (Å²) in [6.45, 7) is 14.1. The molecular formula is C17H33NO. The lowest BCUT2D eigenvalue weighted by Gasteiger charge is -2.52. The molecule has 2 fully saturated rings. The van der Waals surface area contributed by atoms with E-state index in [2.05, 4.69) is 32.6 Å². The van der Waals surface area contributed by atoms with E-state index in [9.17, 15) is 0 Å². The molecule has 0 bridgehead atoms. The molecule has 19 heavy (non-hydrogen) atoms. The van der Waals surface area contributed by atoms with E-state index in [1.807, 2.05) is 0 Å². The molecule has 0 aromatic carbocycles. The normalized spacial score (nSPS) is 24.3. The van der Waals surface area contributed by atoms with E-state index in [0.29, 0.717) is 11.5 Å². The van der Waals surface area contributed by atoms with Crippen LogP contribution in [0.5, 0.6) is 0 Å². The van der Waals surface area contributed by atoms with Gasteiger partial charge >= 0.3 is 0 Å². The minimum atomic E-state index is 0.579. The summed E-state index contributed by atoms with van der Waals surface area (Å²) in [4.78, 5) is 2.66. The van der Waals surface area contributed by atoms with Crippen LogP contribution < -0.4 is 0 Å². The summed E-state index contributed by atoms with van der Waals surface area (Å²) in [5.74, 6) is 1.58. The molecular weight excluding hydrogens is 234 g/mol. The van der Waals surface area contributed by atoms with E-state index in [1.165, 1.54) is 51.7 Å². The van der Waals surface area contributed by atoms with Gasteiger partial charge in [0.1, 0.15) is 0 Å². The Balaban J connectivity index is 1.61. The summed E-state index contributed by atoms with van der Waals surface area (Å²) in [5.41, 5.74) is 0.663. The Morgan fingerprint density at radius 2 is 1.68 bits per heavy atom. The predicted molar refractivity (Wildman–Crippen MR) is 81.4 cm³/mol. The smallest absolute Gasteiger partial charge is 0.0585 e. The van der Waals surface area contributed by atoms with Gasteiger partial charge in [-0.15, -0.1) is 0 Å². The molecule has 2 aliphatic rings. The Labute approximate surface area is 119 Å². The van der Waals surface area contributed by atoms with Gasteiger partial charge in [0.15, 0.2) is 0 Å². The van der Waals surface area contributed by atoms with Crippen LogP contribution >= 0.6 is 0 Å². The van der Waals surface area contributed by atoms with Crippen LogP contribution in [0, 0.1) is 17.3 Å². The number of hydrogen-bond donors (Lipinski definition) is 0. The largest absolute Gasteiger partial charge is 0.378 e. The van der Waals surface area contributed by atoms with Crippen LogP contribution in [0.2, 0.25) is 0 Å². The van der Waals surface area contributed by atoms with E-state index in [1.54, 1.807) is 0 Å². The zero-order valence-electron chi connectivity index (χ0n) is 13.5. The lowest BCUT2D eigenvalue weighted by Crippen LogP contribution is -2.50. The van der Waals surface area contributed by atoms with Crippen LogP contribution in [0.4, 0.5) is 0 Å². The highest BCUT2D eigenvalue weighted by Gasteiger charge is 2.46. The number of hydrogen-bond acceptors (Lipinski definition) is 2. The van der Waals surface area contributed by atoms with Crippen molar-refractivity contribution < 1.29 is 4.74 Å². The van der Waals surface area contributed by atoms with Crippen molar-refractivity contribution in [3.63, 3.8) is 0 Å². The van der Waals surface area contributed by atoms with Gasteiger partial charge in [-0.25, -0.2) is 0 Å². The highest BCUT2D eigenvalue weighted by molar-refractivity contribution is 4.98. The summed E-state index contributed by atoms with van der Waals surface area (Å²) in [6, 6.07) is 0. The molecule has 1 spiro atoms. The van der Waals surface area contributed by atoms with Gasteiger partial charge in [-0.1, -0.05) is 27.7 Å². The number of rotatable bonds is 6. The first-order valence-electron chi connectivity index (χ1n) is 8.33. The second kappa shape index (κ2) is 6.58. The summed E-state index contributed by atoms with van der Waals surface area (Å²) >= 11 is 0. The quantitative estimate of drug-likeness (QED) is 0.722. The van der Waals surface area contributed by atoms with Crippen LogP contribution in [0.25, 0.3) is 0 Å². The second-order valence-corrected chi connectivity index (χ2v) is 7.78. The summed E-state index contributed by atoms with van der Waals surface area (Å²) in [6.07, 6.45) is 7.27. The summed E-state index contributed by atoms with van der Waals surface area (Å²) in [7, 11) is 0. The molecule has 1 aliphatic heterocycles. The highest BCUT2D eigenvalue weighted by Crippen LogP contribution is 2.50. The maximum absolute atomic E-state index is 5.99. The third-order valence-electron chi connectivity index (χ3n) is 4.91. The molecule has 2 nitrogen and oxygen atoms in total. The van der Waals surface area contributed by atoms with Gasteiger partial charge in [0.05, 0.1) is 6.10 Å². The second-order valence-electron chi connectivity index (χ2n) is 7.78. The topological polar surface area (TPSA) is 12.5 Å². The maximum Gasteiger partial charge on any atom is 0.0585 e. The van der Waals surface area contributed by atoms with Crippen molar-refractivity contribution in [2.24, 2.45) is 17.3 Å². The number of nitrogens with zero attached hydrogens (tertiary/aromatic N) is 1. The zero-order valence-corrected chi connectivity index (χ0v) is 13.5. The molecule has 0 radical (unpaired) electrons. The Bertz CT molecular complexity index is 258.